The molecule has 4 N–H and O–H groups in total. The number of carbonyl (C=O) groups is 4. The molecule has 0 aliphatic heterocycles. The first-order chi connectivity index (χ1) is 23.3. The second kappa shape index (κ2) is 14.3. The van der Waals surface area contributed by atoms with Gasteiger partial charge in [-0.1, -0.05) is 109 Å². The number of hydrogen-bond acceptors (Lipinski definition) is 6. The standard InChI is InChI=1S/C38H34N2O8/c41-35(42)33(39-37(45)47-21-31-27-15-5-1-11-23(27)24-12-2-6-16-28(24)31)19-9-10-20-34(36(43)44)40-38(46)48-22-32-29-17-7-3-13-25(29)26-14-4-8-18-30(26)32/h1-18,31-34H,19-22H2,(H,39,45)(H,40,46)(H,41,42)(H,43,44)/b10-9-/t33-,34-/m0/s1. The van der Waals surface area contributed by atoms with Crippen LogP contribution < -0.4 is 10.6 Å². The van der Waals surface area contributed by atoms with E-state index in [1.165, 1.54) is 12.2 Å². The molecule has 2 aliphatic rings. The van der Waals surface area contributed by atoms with Crippen molar-refractivity contribution in [1.29, 1.82) is 0 Å². The van der Waals surface area contributed by atoms with Crippen LogP contribution in [0, 0.1) is 0 Å². The number of carboxylic acids is 2. The van der Waals surface area contributed by atoms with E-state index in [0.717, 1.165) is 44.5 Å². The zero-order valence-corrected chi connectivity index (χ0v) is 25.9. The average molecular weight is 647 g/mol. The number of rotatable bonds is 12. The highest BCUT2D eigenvalue weighted by Gasteiger charge is 2.31. The lowest BCUT2D eigenvalue weighted by Crippen LogP contribution is -2.41. The third kappa shape index (κ3) is 6.78. The van der Waals surface area contributed by atoms with E-state index in [9.17, 15) is 29.4 Å². The van der Waals surface area contributed by atoms with Gasteiger partial charge >= 0.3 is 24.1 Å². The molecule has 0 spiro atoms. The molecule has 244 valence electrons. The Labute approximate surface area is 277 Å². The van der Waals surface area contributed by atoms with Crippen molar-refractivity contribution >= 4 is 24.1 Å². The molecule has 0 aromatic heterocycles. The first-order valence-corrected chi connectivity index (χ1v) is 15.7. The van der Waals surface area contributed by atoms with E-state index < -0.39 is 36.2 Å². The van der Waals surface area contributed by atoms with Crippen LogP contribution in [0.25, 0.3) is 22.3 Å². The Morgan fingerprint density at radius 3 is 1.12 bits per heavy atom. The third-order valence-electron chi connectivity index (χ3n) is 8.78. The number of benzene rings is 4. The first-order valence-electron chi connectivity index (χ1n) is 15.7. The van der Waals surface area contributed by atoms with E-state index in [0.29, 0.717) is 0 Å². The van der Waals surface area contributed by atoms with Gasteiger partial charge in [0.1, 0.15) is 25.3 Å². The highest BCUT2D eigenvalue weighted by atomic mass is 16.6. The Bertz CT molecular complexity index is 1660. The lowest BCUT2D eigenvalue weighted by atomic mass is 9.98. The first kappa shape index (κ1) is 32.1. The Morgan fingerprint density at radius 1 is 0.542 bits per heavy atom. The summed E-state index contributed by atoms with van der Waals surface area (Å²) in [4.78, 5) is 49.0. The molecule has 4 aromatic carbocycles. The maximum Gasteiger partial charge on any atom is 0.407 e. The monoisotopic (exact) mass is 646 g/mol. The highest BCUT2D eigenvalue weighted by molar-refractivity contribution is 5.82. The van der Waals surface area contributed by atoms with Crippen molar-refractivity contribution in [1.82, 2.24) is 10.6 Å². The molecule has 0 radical (unpaired) electrons. The molecule has 0 unspecified atom stereocenters. The summed E-state index contributed by atoms with van der Waals surface area (Å²) in [5.41, 5.74) is 8.42. The number of alkyl carbamates (subject to hydrolysis) is 2. The van der Waals surface area contributed by atoms with Crippen LogP contribution in [0.1, 0.15) is 46.9 Å². The van der Waals surface area contributed by atoms with Gasteiger partial charge in [-0.05, 0) is 57.3 Å². The number of aliphatic carboxylic acids is 2. The summed E-state index contributed by atoms with van der Waals surface area (Å²) in [6, 6.07) is 28.9. The minimum absolute atomic E-state index is 0.0316. The van der Waals surface area contributed by atoms with E-state index in [4.69, 9.17) is 9.47 Å². The smallest absolute Gasteiger partial charge is 0.407 e. The Morgan fingerprint density at radius 2 is 0.833 bits per heavy atom. The lowest BCUT2D eigenvalue weighted by Gasteiger charge is -2.17. The molecule has 2 aliphatic carbocycles. The van der Waals surface area contributed by atoms with Crippen molar-refractivity contribution in [3.05, 3.63) is 131 Å². The predicted octanol–water partition coefficient (Wildman–Crippen LogP) is 6.31. The maximum atomic E-state index is 12.6. The van der Waals surface area contributed by atoms with Crippen LogP contribution in [-0.4, -0.2) is 59.6 Å². The molecule has 2 amide bonds. The number of amides is 2. The molecule has 2 atom stereocenters. The molecule has 10 heteroatoms. The van der Waals surface area contributed by atoms with Gasteiger partial charge in [0, 0.05) is 11.8 Å². The van der Waals surface area contributed by atoms with Crippen molar-refractivity contribution in [3.8, 4) is 22.3 Å². The number of fused-ring (bicyclic) bond motifs is 6. The van der Waals surface area contributed by atoms with Crippen LogP contribution >= 0.6 is 0 Å². The molecular weight excluding hydrogens is 612 g/mol. The molecule has 0 saturated carbocycles. The van der Waals surface area contributed by atoms with Gasteiger partial charge in [-0.25, -0.2) is 19.2 Å². The van der Waals surface area contributed by atoms with Gasteiger partial charge in [-0.3, -0.25) is 0 Å². The molecule has 6 rings (SSSR count). The molecule has 48 heavy (non-hydrogen) atoms. The van der Waals surface area contributed by atoms with Crippen molar-refractivity contribution in [2.24, 2.45) is 0 Å². The second-order valence-electron chi connectivity index (χ2n) is 11.7. The van der Waals surface area contributed by atoms with Gasteiger partial charge in [0.2, 0.25) is 0 Å². The predicted molar refractivity (Wildman–Crippen MR) is 178 cm³/mol. The molecule has 0 bridgehead atoms. The van der Waals surface area contributed by atoms with Crippen LogP contribution in [0.15, 0.2) is 109 Å². The van der Waals surface area contributed by atoms with Gasteiger partial charge in [-0.2, -0.15) is 0 Å². The van der Waals surface area contributed by atoms with Gasteiger partial charge < -0.3 is 30.3 Å². The number of ether oxygens (including phenoxy) is 2. The fourth-order valence-electron chi connectivity index (χ4n) is 6.47. The number of nitrogens with one attached hydrogen (secondary N) is 2. The summed E-state index contributed by atoms with van der Waals surface area (Å²) >= 11 is 0. The zero-order chi connectivity index (χ0) is 33.6. The normalized spacial score (nSPS) is 14.2. The summed E-state index contributed by atoms with van der Waals surface area (Å²) in [6.07, 6.45) is 0.875. The summed E-state index contributed by atoms with van der Waals surface area (Å²) in [6.45, 7) is 0.0632. The third-order valence-corrected chi connectivity index (χ3v) is 8.78. The Kier molecular flexibility index (Phi) is 9.52. The molecule has 4 aromatic rings. The Balaban J connectivity index is 0.985. The van der Waals surface area contributed by atoms with Gasteiger partial charge in [0.25, 0.3) is 0 Å². The van der Waals surface area contributed by atoms with Crippen molar-refractivity contribution in [3.63, 3.8) is 0 Å². The van der Waals surface area contributed by atoms with E-state index in [-0.39, 0.29) is 37.9 Å². The van der Waals surface area contributed by atoms with Crippen LogP contribution in [0.3, 0.4) is 0 Å². The molecule has 0 saturated heterocycles. The molecular formula is C38H34N2O8. The molecule has 0 heterocycles. The molecule has 10 nitrogen and oxygen atoms in total. The van der Waals surface area contributed by atoms with Crippen LogP contribution in [-0.2, 0) is 19.1 Å². The number of hydrogen-bond donors (Lipinski definition) is 4. The van der Waals surface area contributed by atoms with Crippen LogP contribution in [0.4, 0.5) is 9.59 Å². The van der Waals surface area contributed by atoms with E-state index >= 15 is 0 Å². The quantitative estimate of drug-likeness (QED) is 0.131. The van der Waals surface area contributed by atoms with Gasteiger partial charge in [0.15, 0.2) is 0 Å². The summed E-state index contributed by atoms with van der Waals surface area (Å²) in [7, 11) is 0. The number of carboxylic acid groups (broad SMARTS) is 2. The zero-order valence-electron chi connectivity index (χ0n) is 25.9. The minimum atomic E-state index is -1.31. The van der Waals surface area contributed by atoms with E-state index in [1.54, 1.807) is 0 Å². The fraction of sp³-hybridized carbons (Fsp3) is 0.211. The van der Waals surface area contributed by atoms with E-state index in [1.807, 2.05) is 97.1 Å². The topological polar surface area (TPSA) is 151 Å². The highest BCUT2D eigenvalue weighted by Crippen LogP contribution is 2.45. The van der Waals surface area contributed by atoms with Crippen LogP contribution in [0.2, 0.25) is 0 Å². The number of carbonyl (C=O) groups excluding carboxylic acids is 2. The van der Waals surface area contributed by atoms with Crippen molar-refractivity contribution in [2.45, 2.75) is 36.8 Å². The second-order valence-corrected chi connectivity index (χ2v) is 11.7. The van der Waals surface area contributed by atoms with Crippen molar-refractivity contribution < 1.29 is 38.9 Å². The molecule has 0 fully saturated rings. The SMILES string of the molecule is O=C(N[C@@H](C/C=C\C[C@H](NC(=O)OCC1c2ccccc2-c2ccccc21)C(=O)O)C(=O)O)OCC1c2ccccc2-c2ccccc21. The van der Waals surface area contributed by atoms with Gasteiger partial charge in [-0.15, -0.1) is 0 Å². The largest absolute Gasteiger partial charge is 0.480 e. The summed E-state index contributed by atoms with van der Waals surface area (Å²) in [5, 5.41) is 24.1. The maximum absolute atomic E-state index is 12.6. The average Bonchev–Trinajstić information content (AvgIpc) is 3.59. The van der Waals surface area contributed by atoms with E-state index in [2.05, 4.69) is 10.6 Å². The Hall–Kier alpha value is -5.90. The van der Waals surface area contributed by atoms with Crippen LogP contribution in [0.5, 0.6) is 0 Å². The fourth-order valence-corrected chi connectivity index (χ4v) is 6.47. The summed E-state index contributed by atoms with van der Waals surface area (Å²) < 4.78 is 10.9. The lowest BCUT2D eigenvalue weighted by molar-refractivity contribution is -0.140. The summed E-state index contributed by atoms with van der Waals surface area (Å²) in [5.74, 6) is -2.91. The minimum Gasteiger partial charge on any atom is -0.480 e. The van der Waals surface area contributed by atoms with Crippen molar-refractivity contribution in [2.75, 3.05) is 13.2 Å². The van der Waals surface area contributed by atoms with Gasteiger partial charge in [0.05, 0.1) is 0 Å².